The molecule has 0 heterocycles. The number of benzene rings is 1. The molecule has 0 atom stereocenters. The zero-order valence-corrected chi connectivity index (χ0v) is 10.4. The van der Waals surface area contributed by atoms with Crippen LogP contribution in [-0.4, -0.2) is 5.78 Å². The van der Waals surface area contributed by atoms with Gasteiger partial charge in [0.1, 0.15) is 5.78 Å². The van der Waals surface area contributed by atoms with Crippen LogP contribution in [0.5, 0.6) is 0 Å². The maximum absolute atomic E-state index is 11.7. The van der Waals surface area contributed by atoms with E-state index in [4.69, 9.17) is 0 Å². The van der Waals surface area contributed by atoms with Gasteiger partial charge in [0.2, 0.25) is 0 Å². The van der Waals surface area contributed by atoms with E-state index in [1.54, 1.807) is 6.92 Å². The molecule has 0 spiro atoms. The third-order valence-corrected chi connectivity index (χ3v) is 3.36. The van der Waals surface area contributed by atoms with Gasteiger partial charge in [-0.2, -0.15) is 0 Å². The molecule has 0 N–H and O–H groups in total. The third kappa shape index (κ3) is 2.82. The molecule has 1 heteroatoms. The Hall–Kier alpha value is -1.37. The largest absolute Gasteiger partial charge is 0.299 e. The van der Waals surface area contributed by atoms with E-state index in [1.165, 1.54) is 0 Å². The highest BCUT2D eigenvalue weighted by atomic mass is 16.1. The van der Waals surface area contributed by atoms with Gasteiger partial charge in [-0.05, 0) is 25.3 Å². The average molecular weight is 216 g/mol. The van der Waals surface area contributed by atoms with Crippen LogP contribution >= 0.6 is 0 Å². The van der Waals surface area contributed by atoms with Crippen molar-refractivity contribution in [1.29, 1.82) is 0 Å². The molecule has 16 heavy (non-hydrogen) atoms. The number of Topliss-reactive ketones (excluding diaryl/α,β-unsaturated/α-hetero) is 1. The van der Waals surface area contributed by atoms with E-state index >= 15 is 0 Å². The quantitative estimate of drug-likeness (QED) is 0.724. The topological polar surface area (TPSA) is 17.1 Å². The number of hydrogen-bond donors (Lipinski definition) is 0. The number of allylic oxidation sites excluding steroid dienone is 1. The van der Waals surface area contributed by atoms with Gasteiger partial charge in [0.15, 0.2) is 0 Å². The smallest absolute Gasteiger partial charge is 0.139 e. The zero-order valence-electron chi connectivity index (χ0n) is 10.4. The van der Waals surface area contributed by atoms with E-state index in [9.17, 15) is 4.79 Å². The maximum atomic E-state index is 11.7. The van der Waals surface area contributed by atoms with Crippen molar-refractivity contribution in [3.05, 3.63) is 42.0 Å². The molecule has 0 aliphatic carbocycles. The lowest BCUT2D eigenvalue weighted by Crippen LogP contribution is -2.24. The standard InChI is InChI=1S/C15H20O/c1-4-15(5-2,13(3)16)12-11-14-9-7-6-8-10-14/h6-12H,4-5H2,1-3H3. The summed E-state index contributed by atoms with van der Waals surface area (Å²) in [5.74, 6) is 0.254. The minimum atomic E-state index is -0.282. The molecule has 0 bridgehead atoms. The first-order valence-corrected chi connectivity index (χ1v) is 5.90. The van der Waals surface area contributed by atoms with Crippen molar-refractivity contribution in [2.24, 2.45) is 5.41 Å². The fourth-order valence-corrected chi connectivity index (χ4v) is 1.92. The molecule has 1 aromatic rings. The monoisotopic (exact) mass is 216 g/mol. The molecule has 0 amide bonds. The number of hydrogen-bond acceptors (Lipinski definition) is 1. The second-order valence-corrected chi connectivity index (χ2v) is 4.16. The molecular formula is C15H20O. The van der Waals surface area contributed by atoms with Gasteiger partial charge >= 0.3 is 0 Å². The molecule has 0 saturated heterocycles. The summed E-state index contributed by atoms with van der Waals surface area (Å²) in [6, 6.07) is 10.1. The van der Waals surface area contributed by atoms with Crippen LogP contribution in [0.2, 0.25) is 0 Å². The number of carbonyl (C=O) groups is 1. The Bertz CT molecular complexity index is 358. The lowest BCUT2D eigenvalue weighted by Gasteiger charge is -2.24. The Labute approximate surface area is 98.2 Å². The summed E-state index contributed by atoms with van der Waals surface area (Å²) in [7, 11) is 0. The van der Waals surface area contributed by atoms with Gasteiger partial charge in [-0.3, -0.25) is 4.79 Å². The Kier molecular flexibility index (Phi) is 4.48. The van der Waals surface area contributed by atoms with Crippen molar-refractivity contribution in [1.82, 2.24) is 0 Å². The second kappa shape index (κ2) is 5.64. The summed E-state index contributed by atoms with van der Waals surface area (Å²) >= 11 is 0. The lowest BCUT2D eigenvalue weighted by atomic mass is 9.78. The summed E-state index contributed by atoms with van der Waals surface area (Å²) in [5.41, 5.74) is 0.866. The predicted octanol–water partition coefficient (Wildman–Crippen LogP) is 4.10. The van der Waals surface area contributed by atoms with Crippen molar-refractivity contribution in [2.75, 3.05) is 0 Å². The minimum absolute atomic E-state index is 0.254. The van der Waals surface area contributed by atoms with Crippen molar-refractivity contribution < 1.29 is 4.79 Å². The second-order valence-electron chi connectivity index (χ2n) is 4.16. The van der Waals surface area contributed by atoms with Crippen LogP contribution in [0.15, 0.2) is 36.4 Å². The van der Waals surface area contributed by atoms with Gasteiger partial charge in [-0.25, -0.2) is 0 Å². The summed E-state index contributed by atoms with van der Waals surface area (Å²) < 4.78 is 0. The lowest BCUT2D eigenvalue weighted by molar-refractivity contribution is -0.124. The van der Waals surface area contributed by atoms with Crippen molar-refractivity contribution in [2.45, 2.75) is 33.6 Å². The molecule has 0 unspecified atom stereocenters. The highest BCUT2D eigenvalue weighted by Gasteiger charge is 2.27. The Morgan fingerprint density at radius 2 is 1.75 bits per heavy atom. The first-order valence-electron chi connectivity index (χ1n) is 5.90. The normalized spacial score (nSPS) is 11.9. The molecule has 0 fully saturated rings. The van der Waals surface area contributed by atoms with E-state index < -0.39 is 0 Å². The Balaban J connectivity index is 2.92. The first-order chi connectivity index (χ1) is 7.64. The molecular weight excluding hydrogens is 196 g/mol. The number of rotatable bonds is 5. The van der Waals surface area contributed by atoms with Crippen molar-refractivity contribution in [3.63, 3.8) is 0 Å². The van der Waals surface area contributed by atoms with Crippen LogP contribution in [0.3, 0.4) is 0 Å². The van der Waals surface area contributed by atoms with Crippen LogP contribution < -0.4 is 0 Å². The molecule has 0 saturated carbocycles. The summed E-state index contributed by atoms with van der Waals surface area (Å²) in [5, 5.41) is 0. The molecule has 1 aromatic carbocycles. The van der Waals surface area contributed by atoms with Crippen LogP contribution in [0.25, 0.3) is 6.08 Å². The summed E-state index contributed by atoms with van der Waals surface area (Å²) in [6.07, 6.45) is 5.84. The zero-order chi connectivity index (χ0) is 12.0. The highest BCUT2D eigenvalue weighted by Crippen LogP contribution is 2.30. The van der Waals surface area contributed by atoms with Gasteiger partial charge in [0.25, 0.3) is 0 Å². The number of carbonyl (C=O) groups excluding carboxylic acids is 1. The van der Waals surface area contributed by atoms with E-state index in [2.05, 4.69) is 26.0 Å². The van der Waals surface area contributed by atoms with Gasteiger partial charge in [-0.15, -0.1) is 0 Å². The highest BCUT2D eigenvalue weighted by molar-refractivity contribution is 5.85. The van der Waals surface area contributed by atoms with Gasteiger partial charge < -0.3 is 0 Å². The third-order valence-electron chi connectivity index (χ3n) is 3.36. The maximum Gasteiger partial charge on any atom is 0.139 e. The van der Waals surface area contributed by atoms with Crippen LogP contribution in [-0.2, 0) is 4.79 Å². The van der Waals surface area contributed by atoms with Gasteiger partial charge in [0.05, 0.1) is 0 Å². The molecule has 1 rings (SSSR count). The van der Waals surface area contributed by atoms with Gasteiger partial charge in [-0.1, -0.05) is 56.3 Å². The van der Waals surface area contributed by atoms with Crippen LogP contribution in [0.4, 0.5) is 0 Å². The summed E-state index contributed by atoms with van der Waals surface area (Å²) in [4.78, 5) is 11.7. The first kappa shape index (κ1) is 12.7. The number of ketones is 1. The van der Waals surface area contributed by atoms with Crippen molar-refractivity contribution in [3.8, 4) is 0 Å². The average Bonchev–Trinajstić information content (AvgIpc) is 2.32. The van der Waals surface area contributed by atoms with Crippen LogP contribution in [0, 0.1) is 5.41 Å². The molecule has 0 aliphatic rings. The summed E-state index contributed by atoms with van der Waals surface area (Å²) in [6.45, 7) is 5.82. The van der Waals surface area contributed by atoms with Crippen LogP contribution in [0.1, 0.15) is 39.2 Å². The predicted molar refractivity (Wildman–Crippen MR) is 69.2 cm³/mol. The molecule has 86 valence electrons. The van der Waals surface area contributed by atoms with E-state index in [0.717, 1.165) is 18.4 Å². The van der Waals surface area contributed by atoms with E-state index in [0.29, 0.717) is 0 Å². The van der Waals surface area contributed by atoms with E-state index in [1.807, 2.05) is 30.3 Å². The molecule has 1 nitrogen and oxygen atoms in total. The Morgan fingerprint density at radius 1 is 1.19 bits per heavy atom. The van der Waals surface area contributed by atoms with E-state index in [-0.39, 0.29) is 11.2 Å². The van der Waals surface area contributed by atoms with Crippen molar-refractivity contribution >= 4 is 11.9 Å². The van der Waals surface area contributed by atoms with Gasteiger partial charge in [0, 0.05) is 5.41 Å². The SMILES string of the molecule is CCC(C=Cc1ccccc1)(CC)C(C)=O. The molecule has 0 aromatic heterocycles. The fraction of sp³-hybridized carbons (Fsp3) is 0.400. The Morgan fingerprint density at radius 3 is 2.19 bits per heavy atom. The minimum Gasteiger partial charge on any atom is -0.299 e. The molecule has 0 radical (unpaired) electrons. The molecule has 0 aliphatic heterocycles. The fourth-order valence-electron chi connectivity index (χ4n) is 1.92.